The predicted octanol–water partition coefficient (Wildman–Crippen LogP) is 2.01. The number of halogens is 2. The number of hydrogen-bond donors (Lipinski definition) is 2. The zero-order valence-electron chi connectivity index (χ0n) is 15.5. The van der Waals surface area contributed by atoms with Gasteiger partial charge in [0.15, 0.2) is 11.0 Å². The summed E-state index contributed by atoms with van der Waals surface area (Å²) in [6, 6.07) is 2.62. The van der Waals surface area contributed by atoms with E-state index >= 15 is 0 Å². The normalized spacial score (nSPS) is 16.8. The Kier molecular flexibility index (Phi) is 7.88. The molecular weight excluding hydrogens is 394 g/mol. The lowest BCUT2D eigenvalue weighted by Gasteiger charge is -2.19. The molecule has 0 aliphatic heterocycles. The third-order valence-corrected chi connectivity index (χ3v) is 5.93. The lowest BCUT2D eigenvalue weighted by Crippen LogP contribution is -2.43. The van der Waals surface area contributed by atoms with E-state index in [0.717, 1.165) is 56.7 Å². The first-order valence-corrected chi connectivity index (χ1v) is 10.6. The first-order chi connectivity index (χ1) is 13.2. The van der Waals surface area contributed by atoms with Gasteiger partial charge in [-0.05, 0) is 31.9 Å². The Hall–Kier alpha value is -2.07. The SMILES string of the molecule is C[C@H](OC(=O)CNS(=O)(=O)c1c(F)cccc1F)C(=O)NC1CCCCCC1. The molecule has 1 atom stereocenters. The van der Waals surface area contributed by atoms with Crippen molar-refractivity contribution in [3.05, 3.63) is 29.8 Å². The van der Waals surface area contributed by atoms with Crippen molar-refractivity contribution in [2.24, 2.45) is 0 Å². The van der Waals surface area contributed by atoms with E-state index in [1.54, 1.807) is 4.72 Å². The predicted molar refractivity (Wildman–Crippen MR) is 96.7 cm³/mol. The highest BCUT2D eigenvalue weighted by atomic mass is 32.2. The minimum Gasteiger partial charge on any atom is -0.452 e. The molecular formula is C18H24F2N2O5S. The summed E-state index contributed by atoms with van der Waals surface area (Å²) in [5, 5.41) is 2.82. The van der Waals surface area contributed by atoms with Crippen molar-refractivity contribution in [2.75, 3.05) is 6.54 Å². The minimum absolute atomic E-state index is 0.0266. The largest absolute Gasteiger partial charge is 0.452 e. The van der Waals surface area contributed by atoms with Gasteiger partial charge in [0.05, 0.1) is 0 Å². The summed E-state index contributed by atoms with van der Waals surface area (Å²) < 4.78 is 57.9. The maximum Gasteiger partial charge on any atom is 0.321 e. The van der Waals surface area contributed by atoms with Gasteiger partial charge in [-0.3, -0.25) is 9.59 Å². The zero-order chi connectivity index (χ0) is 20.7. The molecule has 0 heterocycles. The molecule has 1 aromatic carbocycles. The maximum atomic E-state index is 13.6. The van der Waals surface area contributed by atoms with Crippen LogP contribution in [-0.4, -0.2) is 39.0 Å². The average molecular weight is 418 g/mol. The molecule has 2 rings (SSSR count). The molecule has 156 valence electrons. The van der Waals surface area contributed by atoms with Crippen LogP contribution in [0.4, 0.5) is 8.78 Å². The second-order valence-electron chi connectivity index (χ2n) is 6.70. The van der Waals surface area contributed by atoms with Crippen molar-refractivity contribution in [3.8, 4) is 0 Å². The third kappa shape index (κ3) is 6.23. The molecule has 0 unspecified atom stereocenters. The van der Waals surface area contributed by atoms with Gasteiger partial charge in [0, 0.05) is 6.04 Å². The number of esters is 1. The number of carbonyl (C=O) groups is 2. The summed E-state index contributed by atoms with van der Waals surface area (Å²) in [6.45, 7) is 0.506. The van der Waals surface area contributed by atoms with Crippen LogP contribution < -0.4 is 10.0 Å². The van der Waals surface area contributed by atoms with Gasteiger partial charge >= 0.3 is 5.97 Å². The van der Waals surface area contributed by atoms with Crippen molar-refractivity contribution in [2.45, 2.75) is 62.5 Å². The topological polar surface area (TPSA) is 102 Å². The van der Waals surface area contributed by atoms with Crippen LogP contribution in [0.25, 0.3) is 0 Å². The van der Waals surface area contributed by atoms with Gasteiger partial charge in [0.25, 0.3) is 5.91 Å². The Morgan fingerprint density at radius 1 is 1.14 bits per heavy atom. The van der Waals surface area contributed by atoms with E-state index in [1.165, 1.54) is 6.92 Å². The highest BCUT2D eigenvalue weighted by Crippen LogP contribution is 2.18. The van der Waals surface area contributed by atoms with Crippen LogP contribution in [-0.2, 0) is 24.3 Å². The van der Waals surface area contributed by atoms with Crippen LogP contribution in [0.2, 0.25) is 0 Å². The number of rotatable bonds is 7. The van der Waals surface area contributed by atoms with Gasteiger partial charge < -0.3 is 10.1 Å². The van der Waals surface area contributed by atoms with Gasteiger partial charge in [0.2, 0.25) is 10.0 Å². The van der Waals surface area contributed by atoms with Crippen molar-refractivity contribution in [1.29, 1.82) is 0 Å². The molecule has 1 aliphatic rings. The van der Waals surface area contributed by atoms with Crippen molar-refractivity contribution in [3.63, 3.8) is 0 Å². The van der Waals surface area contributed by atoms with Crippen LogP contribution >= 0.6 is 0 Å². The van der Waals surface area contributed by atoms with Crippen LogP contribution in [0.5, 0.6) is 0 Å². The van der Waals surface area contributed by atoms with Crippen LogP contribution in [0, 0.1) is 11.6 Å². The summed E-state index contributed by atoms with van der Waals surface area (Å²) >= 11 is 0. The van der Waals surface area contributed by atoms with Gasteiger partial charge in [-0.2, -0.15) is 4.72 Å². The number of hydrogen-bond acceptors (Lipinski definition) is 5. The molecule has 1 fully saturated rings. The number of ether oxygens (including phenoxy) is 1. The highest BCUT2D eigenvalue weighted by Gasteiger charge is 2.26. The summed E-state index contributed by atoms with van der Waals surface area (Å²) in [7, 11) is -4.60. The summed E-state index contributed by atoms with van der Waals surface area (Å²) in [4.78, 5) is 22.8. The molecule has 1 amide bonds. The molecule has 1 aliphatic carbocycles. The fraction of sp³-hybridized carbons (Fsp3) is 0.556. The monoisotopic (exact) mass is 418 g/mol. The molecule has 1 saturated carbocycles. The van der Waals surface area contributed by atoms with Crippen LogP contribution in [0.15, 0.2) is 23.1 Å². The molecule has 0 radical (unpaired) electrons. The maximum absolute atomic E-state index is 13.6. The Morgan fingerprint density at radius 3 is 2.29 bits per heavy atom. The Morgan fingerprint density at radius 2 is 1.71 bits per heavy atom. The average Bonchev–Trinajstić information content (AvgIpc) is 2.88. The molecule has 0 aromatic heterocycles. The van der Waals surface area contributed by atoms with Crippen molar-refractivity contribution in [1.82, 2.24) is 10.0 Å². The fourth-order valence-corrected chi connectivity index (χ4v) is 4.10. The number of sulfonamides is 1. The van der Waals surface area contributed by atoms with E-state index in [4.69, 9.17) is 4.74 Å². The number of nitrogens with one attached hydrogen (secondary N) is 2. The Bertz CT molecular complexity index is 788. The lowest BCUT2D eigenvalue weighted by molar-refractivity contribution is -0.153. The molecule has 0 saturated heterocycles. The number of carbonyl (C=O) groups excluding carboxylic acids is 2. The van der Waals surface area contributed by atoms with Crippen molar-refractivity contribution < 1.29 is 31.5 Å². The summed E-state index contributed by atoms with van der Waals surface area (Å²) in [6.07, 6.45) is 4.90. The quantitative estimate of drug-likeness (QED) is 0.521. The van der Waals surface area contributed by atoms with E-state index < -0.39 is 51.1 Å². The number of benzene rings is 1. The summed E-state index contributed by atoms with van der Waals surface area (Å²) in [5.74, 6) is -4.07. The van der Waals surface area contributed by atoms with Crippen LogP contribution in [0.1, 0.15) is 45.4 Å². The minimum atomic E-state index is -4.60. The van der Waals surface area contributed by atoms with Gasteiger partial charge in [-0.15, -0.1) is 0 Å². The fourth-order valence-electron chi connectivity index (χ4n) is 3.00. The van der Waals surface area contributed by atoms with E-state index in [-0.39, 0.29) is 6.04 Å². The molecule has 10 heteroatoms. The number of amides is 1. The van der Waals surface area contributed by atoms with E-state index in [9.17, 15) is 26.8 Å². The van der Waals surface area contributed by atoms with Crippen molar-refractivity contribution >= 4 is 21.9 Å². The lowest BCUT2D eigenvalue weighted by atomic mass is 10.1. The standard InChI is InChI=1S/C18H24F2N2O5S/c1-12(18(24)22-13-7-4-2-3-5-8-13)27-16(23)11-21-28(25,26)17-14(19)9-6-10-15(17)20/h6,9-10,12-13,21H,2-5,7-8,11H2,1H3,(H,22,24)/t12-/m0/s1. The van der Waals surface area contributed by atoms with Gasteiger partial charge in [0.1, 0.15) is 18.2 Å². The first kappa shape index (κ1) is 22.2. The van der Waals surface area contributed by atoms with E-state index in [0.29, 0.717) is 0 Å². The molecule has 0 bridgehead atoms. The van der Waals surface area contributed by atoms with Gasteiger partial charge in [-0.1, -0.05) is 31.7 Å². The Balaban J connectivity index is 1.86. The molecule has 28 heavy (non-hydrogen) atoms. The molecule has 7 nitrogen and oxygen atoms in total. The Labute approximate surface area is 162 Å². The smallest absolute Gasteiger partial charge is 0.321 e. The third-order valence-electron chi connectivity index (χ3n) is 4.47. The second-order valence-corrected chi connectivity index (χ2v) is 8.41. The second kappa shape index (κ2) is 9.92. The molecule has 0 spiro atoms. The van der Waals surface area contributed by atoms with E-state index in [2.05, 4.69) is 5.32 Å². The van der Waals surface area contributed by atoms with Gasteiger partial charge in [-0.25, -0.2) is 17.2 Å². The molecule has 1 aromatic rings. The zero-order valence-corrected chi connectivity index (χ0v) is 16.4. The first-order valence-electron chi connectivity index (χ1n) is 9.14. The highest BCUT2D eigenvalue weighted by molar-refractivity contribution is 7.89. The van der Waals surface area contributed by atoms with Crippen LogP contribution in [0.3, 0.4) is 0 Å². The molecule has 2 N–H and O–H groups in total. The van der Waals surface area contributed by atoms with E-state index in [1.807, 2.05) is 0 Å². The summed E-state index contributed by atoms with van der Waals surface area (Å²) in [5.41, 5.74) is 0.